The van der Waals surface area contributed by atoms with Crippen molar-refractivity contribution in [3.8, 4) is 5.75 Å². The highest BCUT2D eigenvalue weighted by atomic mass is 19.1. The van der Waals surface area contributed by atoms with Gasteiger partial charge in [0.1, 0.15) is 11.6 Å². The Kier molecular flexibility index (Phi) is 4.41. The Morgan fingerprint density at radius 1 is 1.18 bits per heavy atom. The largest absolute Gasteiger partial charge is 0.497 e. The SMILES string of the molecule is COc1ccc2c(c1)CN(CC(O)c1ccc(F)cc1)CC2. The molecule has 1 N–H and O–H groups in total. The number of β-amino-alcohol motifs (C(OH)–C–C–N with tert-alkyl or cyclic N) is 1. The van der Waals surface area contributed by atoms with E-state index >= 15 is 0 Å². The number of aliphatic hydroxyl groups excluding tert-OH is 1. The topological polar surface area (TPSA) is 32.7 Å². The van der Waals surface area contributed by atoms with Crippen LogP contribution >= 0.6 is 0 Å². The number of hydrogen-bond acceptors (Lipinski definition) is 3. The first-order valence-corrected chi connectivity index (χ1v) is 7.47. The Morgan fingerprint density at radius 3 is 2.68 bits per heavy atom. The predicted molar refractivity (Wildman–Crippen MR) is 83.3 cm³/mol. The lowest BCUT2D eigenvalue weighted by Gasteiger charge is -2.30. The van der Waals surface area contributed by atoms with Crippen molar-refractivity contribution in [3.05, 3.63) is 65.0 Å². The summed E-state index contributed by atoms with van der Waals surface area (Å²) in [6.07, 6.45) is 0.364. The van der Waals surface area contributed by atoms with Crippen LogP contribution in [0, 0.1) is 5.82 Å². The van der Waals surface area contributed by atoms with E-state index in [0.29, 0.717) is 6.54 Å². The smallest absolute Gasteiger partial charge is 0.123 e. The fourth-order valence-electron chi connectivity index (χ4n) is 2.91. The zero-order valence-corrected chi connectivity index (χ0v) is 12.6. The highest BCUT2D eigenvalue weighted by molar-refractivity contribution is 5.37. The van der Waals surface area contributed by atoms with Gasteiger partial charge in [0.05, 0.1) is 13.2 Å². The van der Waals surface area contributed by atoms with E-state index in [4.69, 9.17) is 4.74 Å². The Morgan fingerprint density at radius 2 is 1.95 bits per heavy atom. The van der Waals surface area contributed by atoms with Gasteiger partial charge < -0.3 is 9.84 Å². The summed E-state index contributed by atoms with van der Waals surface area (Å²) in [4.78, 5) is 2.22. The summed E-state index contributed by atoms with van der Waals surface area (Å²) in [6, 6.07) is 12.2. The van der Waals surface area contributed by atoms with Crippen molar-refractivity contribution < 1.29 is 14.2 Å². The fourth-order valence-corrected chi connectivity index (χ4v) is 2.91. The van der Waals surface area contributed by atoms with E-state index in [-0.39, 0.29) is 5.82 Å². The molecule has 0 spiro atoms. The van der Waals surface area contributed by atoms with Crippen molar-refractivity contribution in [2.45, 2.75) is 19.1 Å². The number of rotatable bonds is 4. The van der Waals surface area contributed by atoms with Crippen LogP contribution in [0.15, 0.2) is 42.5 Å². The first-order valence-electron chi connectivity index (χ1n) is 7.47. The molecule has 0 fully saturated rings. The Balaban J connectivity index is 1.67. The van der Waals surface area contributed by atoms with E-state index in [1.54, 1.807) is 19.2 Å². The summed E-state index contributed by atoms with van der Waals surface area (Å²) in [6.45, 7) is 2.25. The normalized spacial score (nSPS) is 16.1. The van der Waals surface area contributed by atoms with Crippen LogP contribution in [0.5, 0.6) is 5.75 Å². The van der Waals surface area contributed by atoms with Crippen LogP contribution in [-0.2, 0) is 13.0 Å². The van der Waals surface area contributed by atoms with Crippen molar-refractivity contribution in [1.29, 1.82) is 0 Å². The van der Waals surface area contributed by atoms with Gasteiger partial charge in [-0.05, 0) is 47.4 Å². The molecule has 1 unspecified atom stereocenters. The van der Waals surface area contributed by atoms with E-state index in [1.807, 2.05) is 6.07 Å². The van der Waals surface area contributed by atoms with Crippen LogP contribution in [0.3, 0.4) is 0 Å². The highest BCUT2D eigenvalue weighted by Gasteiger charge is 2.20. The molecule has 2 aromatic carbocycles. The Bertz CT molecular complexity index is 642. The van der Waals surface area contributed by atoms with Gasteiger partial charge in [0, 0.05) is 19.6 Å². The van der Waals surface area contributed by atoms with Crippen molar-refractivity contribution in [2.24, 2.45) is 0 Å². The van der Waals surface area contributed by atoms with E-state index in [1.165, 1.54) is 23.3 Å². The second-order valence-corrected chi connectivity index (χ2v) is 5.69. The van der Waals surface area contributed by atoms with Crippen LogP contribution in [0.1, 0.15) is 22.8 Å². The number of ether oxygens (including phenoxy) is 1. The van der Waals surface area contributed by atoms with Crippen molar-refractivity contribution >= 4 is 0 Å². The number of aliphatic hydroxyl groups is 1. The standard InChI is InChI=1S/C18H20FNO2/c1-22-17-7-4-13-8-9-20(11-15(13)10-17)12-18(21)14-2-5-16(19)6-3-14/h2-7,10,18,21H,8-9,11-12H2,1H3. The maximum absolute atomic E-state index is 12.9. The average molecular weight is 301 g/mol. The number of benzene rings is 2. The molecule has 116 valence electrons. The van der Waals surface area contributed by atoms with Crippen molar-refractivity contribution in [3.63, 3.8) is 0 Å². The van der Waals surface area contributed by atoms with Gasteiger partial charge in [-0.3, -0.25) is 4.90 Å². The van der Waals surface area contributed by atoms with Gasteiger partial charge in [-0.1, -0.05) is 18.2 Å². The minimum atomic E-state index is -0.604. The summed E-state index contributed by atoms with van der Waals surface area (Å²) in [5, 5.41) is 10.3. The molecule has 3 nitrogen and oxygen atoms in total. The molecule has 1 aliphatic rings. The van der Waals surface area contributed by atoms with Crippen molar-refractivity contribution in [1.82, 2.24) is 4.90 Å². The lowest BCUT2D eigenvalue weighted by Crippen LogP contribution is -2.34. The highest BCUT2D eigenvalue weighted by Crippen LogP contribution is 2.25. The fraction of sp³-hybridized carbons (Fsp3) is 0.333. The quantitative estimate of drug-likeness (QED) is 0.942. The molecular weight excluding hydrogens is 281 g/mol. The zero-order chi connectivity index (χ0) is 15.5. The summed E-state index contributed by atoms with van der Waals surface area (Å²) in [5.74, 6) is 0.578. The van der Waals surface area contributed by atoms with E-state index in [9.17, 15) is 9.50 Å². The number of methoxy groups -OCH3 is 1. The van der Waals surface area contributed by atoms with Gasteiger partial charge in [-0.2, -0.15) is 0 Å². The van der Waals surface area contributed by atoms with Crippen LogP contribution < -0.4 is 4.74 Å². The molecule has 1 atom stereocenters. The lowest BCUT2D eigenvalue weighted by molar-refractivity contribution is 0.106. The van der Waals surface area contributed by atoms with Gasteiger partial charge in [0.15, 0.2) is 0 Å². The molecule has 1 aliphatic heterocycles. The summed E-state index contributed by atoms with van der Waals surface area (Å²) in [5.41, 5.74) is 3.34. The third-order valence-electron chi connectivity index (χ3n) is 4.19. The number of fused-ring (bicyclic) bond motifs is 1. The molecule has 2 aromatic rings. The Hall–Kier alpha value is -1.91. The van der Waals surface area contributed by atoms with Gasteiger partial charge >= 0.3 is 0 Å². The molecule has 0 aromatic heterocycles. The molecule has 0 aliphatic carbocycles. The number of hydrogen-bond donors (Lipinski definition) is 1. The molecule has 0 radical (unpaired) electrons. The van der Waals surface area contributed by atoms with E-state index in [2.05, 4.69) is 17.0 Å². The van der Waals surface area contributed by atoms with Gasteiger partial charge in [0.2, 0.25) is 0 Å². The molecule has 0 amide bonds. The van der Waals surface area contributed by atoms with Gasteiger partial charge in [0.25, 0.3) is 0 Å². The monoisotopic (exact) mass is 301 g/mol. The third kappa shape index (κ3) is 3.29. The molecular formula is C18H20FNO2. The molecule has 0 bridgehead atoms. The predicted octanol–water partition coefficient (Wildman–Crippen LogP) is 2.93. The minimum absolute atomic E-state index is 0.282. The second-order valence-electron chi connectivity index (χ2n) is 5.69. The molecule has 3 rings (SSSR count). The first kappa shape index (κ1) is 15.0. The van der Waals surface area contributed by atoms with Crippen LogP contribution in [0.25, 0.3) is 0 Å². The molecule has 0 saturated carbocycles. The van der Waals surface area contributed by atoms with Gasteiger partial charge in [-0.25, -0.2) is 4.39 Å². The minimum Gasteiger partial charge on any atom is -0.497 e. The first-order chi connectivity index (χ1) is 10.7. The molecule has 4 heteroatoms. The van der Waals surface area contributed by atoms with E-state index < -0.39 is 6.10 Å². The van der Waals surface area contributed by atoms with Crippen LogP contribution in [0.2, 0.25) is 0 Å². The maximum Gasteiger partial charge on any atom is 0.123 e. The molecule has 22 heavy (non-hydrogen) atoms. The van der Waals surface area contributed by atoms with Crippen LogP contribution in [-0.4, -0.2) is 30.2 Å². The van der Waals surface area contributed by atoms with Gasteiger partial charge in [-0.15, -0.1) is 0 Å². The summed E-state index contributed by atoms with van der Waals surface area (Å²) < 4.78 is 18.2. The summed E-state index contributed by atoms with van der Waals surface area (Å²) in [7, 11) is 1.67. The van der Waals surface area contributed by atoms with Crippen molar-refractivity contribution in [2.75, 3.05) is 20.2 Å². The zero-order valence-electron chi connectivity index (χ0n) is 12.6. The lowest BCUT2D eigenvalue weighted by atomic mass is 9.98. The van der Waals surface area contributed by atoms with Crippen LogP contribution in [0.4, 0.5) is 4.39 Å². The molecule has 1 heterocycles. The second kappa shape index (κ2) is 6.46. The maximum atomic E-state index is 12.9. The van der Waals surface area contributed by atoms with E-state index in [0.717, 1.165) is 30.8 Å². The third-order valence-corrected chi connectivity index (χ3v) is 4.19. The average Bonchev–Trinajstić information content (AvgIpc) is 2.54. The Labute approximate surface area is 130 Å². The number of halogens is 1. The number of nitrogens with zero attached hydrogens (tertiary/aromatic N) is 1. The summed E-state index contributed by atoms with van der Waals surface area (Å²) >= 11 is 0. The molecule has 0 saturated heterocycles.